The van der Waals surface area contributed by atoms with Crippen molar-refractivity contribution in [1.29, 1.82) is 0 Å². The number of amides is 1. The van der Waals surface area contributed by atoms with E-state index in [1.807, 2.05) is 6.07 Å². The van der Waals surface area contributed by atoms with Gasteiger partial charge >= 0.3 is 0 Å². The monoisotopic (exact) mass is 428 g/mol. The number of hydrogen-bond donors (Lipinski definition) is 0. The van der Waals surface area contributed by atoms with Crippen molar-refractivity contribution in [2.45, 2.75) is 77.3 Å². The van der Waals surface area contributed by atoms with E-state index in [1.54, 1.807) is 0 Å². The first-order valence-corrected chi connectivity index (χ1v) is 12.4. The summed E-state index contributed by atoms with van der Waals surface area (Å²) in [5.41, 5.74) is 1.10. The molecule has 0 N–H and O–H groups in total. The van der Waals surface area contributed by atoms with Crippen LogP contribution in [0.3, 0.4) is 0 Å². The number of likely N-dealkylation sites (tertiary alicyclic amines) is 1. The molecule has 0 saturated carbocycles. The van der Waals surface area contributed by atoms with E-state index in [0.29, 0.717) is 25.1 Å². The Kier molecular flexibility index (Phi) is 7.55. The molecule has 0 atom stereocenters. The maximum Gasteiger partial charge on any atom is 0.229 e. The Balaban J connectivity index is 1.49. The highest BCUT2D eigenvalue weighted by Crippen LogP contribution is 2.40. The van der Waals surface area contributed by atoms with Gasteiger partial charge in [-0.1, -0.05) is 24.6 Å². The normalized spacial score (nSPS) is 24.4. The van der Waals surface area contributed by atoms with Gasteiger partial charge in [0.25, 0.3) is 0 Å². The molecule has 0 aromatic heterocycles. The molecule has 31 heavy (non-hydrogen) atoms. The second-order valence-corrected chi connectivity index (χ2v) is 9.92. The lowest BCUT2D eigenvalue weighted by Gasteiger charge is -2.47. The summed E-state index contributed by atoms with van der Waals surface area (Å²) in [7, 11) is 0. The van der Waals surface area contributed by atoms with Gasteiger partial charge in [-0.15, -0.1) is 0 Å². The molecule has 5 heteroatoms. The van der Waals surface area contributed by atoms with E-state index < -0.39 is 0 Å². The minimum Gasteiger partial charge on any atom is -0.491 e. The zero-order chi connectivity index (χ0) is 21.7. The number of carbonyl (C=O) groups is 1. The standard InChI is InChI=1S/C26H40N2O3/c1-21(2)28-17-20-31-24-9-4-3-7-22(24)8-5-6-12-26(25(28)29)13-15-27(16-14-26)23-10-18-30-19-11-23/h3-4,7,9,21,23H,5-6,8,10-20H2,1-2H3. The number of ether oxygens (including phenoxy) is 2. The van der Waals surface area contributed by atoms with E-state index in [0.717, 1.165) is 83.4 Å². The third kappa shape index (κ3) is 5.25. The molecule has 1 spiro atoms. The predicted octanol–water partition coefficient (Wildman–Crippen LogP) is 4.29. The Morgan fingerprint density at radius 2 is 1.71 bits per heavy atom. The van der Waals surface area contributed by atoms with Crippen molar-refractivity contribution in [3.63, 3.8) is 0 Å². The lowest BCUT2D eigenvalue weighted by Crippen LogP contribution is -2.54. The second kappa shape index (κ2) is 10.4. The zero-order valence-corrected chi connectivity index (χ0v) is 19.5. The average Bonchev–Trinajstić information content (AvgIpc) is 2.80. The predicted molar refractivity (Wildman–Crippen MR) is 123 cm³/mol. The smallest absolute Gasteiger partial charge is 0.229 e. The van der Waals surface area contributed by atoms with Gasteiger partial charge in [0.15, 0.2) is 0 Å². The van der Waals surface area contributed by atoms with Gasteiger partial charge in [0.1, 0.15) is 12.4 Å². The number of benzene rings is 1. The van der Waals surface area contributed by atoms with Crippen LogP contribution < -0.4 is 4.74 Å². The highest BCUT2D eigenvalue weighted by molar-refractivity contribution is 5.83. The van der Waals surface area contributed by atoms with Gasteiger partial charge in [0.05, 0.1) is 12.0 Å². The van der Waals surface area contributed by atoms with E-state index in [1.165, 1.54) is 5.56 Å². The highest BCUT2D eigenvalue weighted by atomic mass is 16.5. The van der Waals surface area contributed by atoms with E-state index in [-0.39, 0.29) is 11.5 Å². The fourth-order valence-electron chi connectivity index (χ4n) is 5.72. The Labute approximate surface area is 188 Å². The molecule has 2 saturated heterocycles. The van der Waals surface area contributed by atoms with E-state index >= 15 is 0 Å². The van der Waals surface area contributed by atoms with Crippen molar-refractivity contribution in [3.05, 3.63) is 29.8 Å². The molecule has 5 nitrogen and oxygen atoms in total. The molecule has 0 aliphatic carbocycles. The van der Waals surface area contributed by atoms with Crippen LogP contribution in [-0.4, -0.2) is 67.2 Å². The summed E-state index contributed by atoms with van der Waals surface area (Å²) in [6.07, 6.45) is 8.51. The first-order valence-electron chi connectivity index (χ1n) is 12.4. The summed E-state index contributed by atoms with van der Waals surface area (Å²) in [6, 6.07) is 9.23. The minimum absolute atomic E-state index is 0.194. The van der Waals surface area contributed by atoms with Crippen molar-refractivity contribution in [3.8, 4) is 5.75 Å². The molecular weight excluding hydrogens is 388 g/mol. The number of rotatable bonds is 2. The molecule has 1 aromatic carbocycles. The van der Waals surface area contributed by atoms with Crippen LogP contribution in [0.25, 0.3) is 0 Å². The van der Waals surface area contributed by atoms with Gasteiger partial charge in [-0.05, 0) is 83.5 Å². The first kappa shape index (κ1) is 22.6. The summed E-state index contributed by atoms with van der Waals surface area (Å²) >= 11 is 0. The summed E-state index contributed by atoms with van der Waals surface area (Å²) in [4.78, 5) is 18.7. The number of aryl methyl sites for hydroxylation is 1. The Hall–Kier alpha value is -1.59. The van der Waals surface area contributed by atoms with Crippen LogP contribution >= 0.6 is 0 Å². The molecule has 172 valence electrons. The summed E-state index contributed by atoms with van der Waals surface area (Å²) in [5, 5.41) is 0. The van der Waals surface area contributed by atoms with Crippen LogP contribution in [0.2, 0.25) is 0 Å². The maximum absolute atomic E-state index is 13.9. The van der Waals surface area contributed by atoms with Crippen LogP contribution in [0.4, 0.5) is 0 Å². The van der Waals surface area contributed by atoms with Gasteiger partial charge in [-0.2, -0.15) is 0 Å². The van der Waals surface area contributed by atoms with Crippen molar-refractivity contribution in [1.82, 2.24) is 9.80 Å². The van der Waals surface area contributed by atoms with Crippen LogP contribution in [0.15, 0.2) is 24.3 Å². The maximum atomic E-state index is 13.9. The molecule has 2 fully saturated rings. The number of piperidine rings is 1. The lowest BCUT2D eigenvalue weighted by atomic mass is 9.72. The summed E-state index contributed by atoms with van der Waals surface area (Å²) < 4.78 is 11.7. The molecular formula is C26H40N2O3. The van der Waals surface area contributed by atoms with Gasteiger partial charge in [0.2, 0.25) is 5.91 Å². The molecule has 0 radical (unpaired) electrons. The zero-order valence-electron chi connectivity index (χ0n) is 19.5. The van der Waals surface area contributed by atoms with Crippen molar-refractivity contribution in [2.75, 3.05) is 39.5 Å². The third-order valence-corrected chi connectivity index (χ3v) is 7.71. The number of nitrogens with zero attached hydrogens (tertiary/aromatic N) is 2. The van der Waals surface area contributed by atoms with Gasteiger partial charge < -0.3 is 19.3 Å². The van der Waals surface area contributed by atoms with Crippen molar-refractivity contribution < 1.29 is 14.3 Å². The van der Waals surface area contributed by atoms with Crippen LogP contribution in [0.1, 0.15) is 64.4 Å². The molecule has 0 bridgehead atoms. The number of para-hydroxylation sites is 1. The van der Waals surface area contributed by atoms with Crippen LogP contribution in [-0.2, 0) is 16.0 Å². The Morgan fingerprint density at radius 1 is 0.968 bits per heavy atom. The fraction of sp³-hybridized carbons (Fsp3) is 0.731. The van der Waals surface area contributed by atoms with E-state index in [4.69, 9.17) is 9.47 Å². The quantitative estimate of drug-likeness (QED) is 0.705. The minimum atomic E-state index is -0.204. The first-order chi connectivity index (χ1) is 15.1. The molecule has 0 unspecified atom stereocenters. The van der Waals surface area contributed by atoms with Gasteiger partial charge in [-0.3, -0.25) is 4.79 Å². The molecule has 3 heterocycles. The number of fused-ring (bicyclic) bond motifs is 1. The average molecular weight is 429 g/mol. The van der Waals surface area contributed by atoms with Gasteiger partial charge in [0, 0.05) is 25.3 Å². The number of hydrogen-bond acceptors (Lipinski definition) is 4. The molecule has 1 aromatic rings. The topological polar surface area (TPSA) is 42.0 Å². The summed E-state index contributed by atoms with van der Waals surface area (Å²) in [6.45, 7) is 9.36. The highest BCUT2D eigenvalue weighted by Gasteiger charge is 2.44. The fourth-order valence-corrected chi connectivity index (χ4v) is 5.72. The third-order valence-electron chi connectivity index (χ3n) is 7.71. The summed E-state index contributed by atoms with van der Waals surface area (Å²) in [5.74, 6) is 1.35. The van der Waals surface area contributed by atoms with Crippen LogP contribution in [0.5, 0.6) is 5.75 Å². The van der Waals surface area contributed by atoms with E-state index in [2.05, 4.69) is 41.8 Å². The van der Waals surface area contributed by atoms with Crippen LogP contribution in [0, 0.1) is 5.41 Å². The molecule has 3 aliphatic rings. The molecule has 1 amide bonds. The molecule has 4 rings (SSSR count). The number of carbonyl (C=O) groups excluding carboxylic acids is 1. The van der Waals surface area contributed by atoms with E-state index in [9.17, 15) is 4.79 Å². The second-order valence-electron chi connectivity index (χ2n) is 9.92. The SMILES string of the molecule is CC(C)N1CCOc2ccccc2CCCCC2(CCN(C3CCOCC3)CC2)C1=O. The Morgan fingerprint density at radius 3 is 2.45 bits per heavy atom. The molecule has 3 aliphatic heterocycles. The van der Waals surface area contributed by atoms with Crippen molar-refractivity contribution >= 4 is 5.91 Å². The largest absolute Gasteiger partial charge is 0.491 e. The van der Waals surface area contributed by atoms with Gasteiger partial charge in [-0.25, -0.2) is 0 Å². The lowest BCUT2D eigenvalue weighted by molar-refractivity contribution is -0.149. The van der Waals surface area contributed by atoms with Crippen molar-refractivity contribution in [2.24, 2.45) is 5.41 Å². The Bertz CT molecular complexity index is 721.